The van der Waals surface area contributed by atoms with E-state index in [-0.39, 0.29) is 29.3 Å². The van der Waals surface area contributed by atoms with Gasteiger partial charge in [0.2, 0.25) is 10.0 Å². The average molecular weight is 403 g/mol. The fourth-order valence-electron chi connectivity index (χ4n) is 3.62. The second kappa shape index (κ2) is 8.25. The monoisotopic (exact) mass is 402 g/mol. The summed E-state index contributed by atoms with van der Waals surface area (Å²) in [4.78, 5) is 12.3. The zero-order valence-corrected chi connectivity index (χ0v) is 16.9. The van der Waals surface area contributed by atoms with E-state index in [9.17, 15) is 13.2 Å². The third kappa shape index (κ3) is 3.76. The van der Waals surface area contributed by atoms with E-state index in [1.807, 2.05) is 6.92 Å². The second-order valence-electron chi connectivity index (χ2n) is 6.86. The van der Waals surface area contributed by atoms with Gasteiger partial charge in [-0.3, -0.25) is 4.79 Å². The lowest BCUT2D eigenvalue weighted by Gasteiger charge is -2.27. The zero-order valence-electron chi connectivity index (χ0n) is 15.2. The maximum Gasteiger partial charge on any atom is 0.316 e. The summed E-state index contributed by atoms with van der Waals surface area (Å²) < 4.78 is 32.7. The molecule has 1 saturated carbocycles. The smallest absolute Gasteiger partial charge is 0.316 e. The molecule has 1 aromatic rings. The third-order valence-corrected chi connectivity index (χ3v) is 7.19. The van der Waals surface area contributed by atoms with E-state index in [0.717, 1.165) is 37.8 Å². The Hall–Kier alpha value is -1.15. The van der Waals surface area contributed by atoms with Crippen LogP contribution in [0.3, 0.4) is 0 Å². The summed E-state index contributed by atoms with van der Waals surface area (Å²) >= 11 is 0. The second-order valence-corrected chi connectivity index (χ2v) is 8.75. The molecule has 0 spiro atoms. The molecule has 6 nitrogen and oxygen atoms in total. The molecular weight excluding hydrogens is 376 g/mol. The molecule has 1 heterocycles. The van der Waals surface area contributed by atoms with Gasteiger partial charge in [0.25, 0.3) is 0 Å². The van der Waals surface area contributed by atoms with Gasteiger partial charge in [-0.1, -0.05) is 19.1 Å². The van der Waals surface area contributed by atoms with E-state index in [4.69, 9.17) is 4.74 Å². The lowest BCUT2D eigenvalue weighted by Crippen LogP contribution is -2.42. The number of benzene rings is 1. The van der Waals surface area contributed by atoms with E-state index in [1.165, 1.54) is 7.11 Å². The van der Waals surface area contributed by atoms with Gasteiger partial charge in [-0.05, 0) is 49.9 Å². The number of hydrogen-bond acceptors (Lipinski definition) is 5. The van der Waals surface area contributed by atoms with Crippen molar-refractivity contribution in [1.82, 2.24) is 9.62 Å². The molecule has 1 saturated heterocycles. The molecule has 2 fully saturated rings. The topological polar surface area (TPSA) is 75.7 Å². The summed E-state index contributed by atoms with van der Waals surface area (Å²) in [6, 6.07) is 6.77. The number of hydrogen-bond donors (Lipinski definition) is 1. The summed E-state index contributed by atoms with van der Waals surface area (Å²) in [6.07, 6.45) is 3.12. The first-order chi connectivity index (χ1) is 12.0. The van der Waals surface area contributed by atoms with Crippen LogP contribution in [0.15, 0.2) is 29.2 Å². The number of methoxy groups -OCH3 is 1. The maximum atomic E-state index is 13.1. The van der Waals surface area contributed by atoms with Crippen LogP contribution in [0.4, 0.5) is 0 Å². The molecule has 0 bridgehead atoms. The number of halogens is 1. The van der Waals surface area contributed by atoms with Crippen LogP contribution in [0.5, 0.6) is 0 Å². The molecule has 1 aromatic carbocycles. The predicted octanol–water partition coefficient (Wildman–Crippen LogP) is 2.08. The fourth-order valence-corrected chi connectivity index (χ4v) is 5.36. The summed E-state index contributed by atoms with van der Waals surface area (Å²) in [5.74, 6) is -0.243. The molecule has 146 valence electrons. The molecule has 2 aliphatic rings. The highest BCUT2D eigenvalue weighted by Gasteiger charge is 2.52. The van der Waals surface area contributed by atoms with Crippen LogP contribution >= 0.6 is 12.4 Å². The van der Waals surface area contributed by atoms with Crippen LogP contribution < -0.4 is 5.32 Å². The number of nitrogens with zero attached hydrogens (tertiary/aromatic N) is 1. The first kappa shape index (κ1) is 21.2. The van der Waals surface area contributed by atoms with Crippen LogP contribution in [-0.4, -0.2) is 51.5 Å². The molecule has 3 rings (SSSR count). The largest absolute Gasteiger partial charge is 0.468 e. The van der Waals surface area contributed by atoms with Gasteiger partial charge in [0.05, 0.1) is 17.4 Å². The molecule has 0 radical (unpaired) electrons. The minimum Gasteiger partial charge on any atom is -0.468 e. The molecule has 8 heteroatoms. The lowest BCUT2D eigenvalue weighted by atomic mass is 9.96. The van der Waals surface area contributed by atoms with Crippen molar-refractivity contribution in [2.45, 2.75) is 49.0 Å². The van der Waals surface area contributed by atoms with E-state index in [1.54, 1.807) is 28.6 Å². The van der Waals surface area contributed by atoms with Gasteiger partial charge in [0.15, 0.2) is 0 Å². The Morgan fingerprint density at radius 1 is 1.31 bits per heavy atom. The maximum absolute atomic E-state index is 13.1. The predicted molar refractivity (Wildman–Crippen MR) is 102 cm³/mol. The highest BCUT2D eigenvalue weighted by atomic mass is 35.5. The van der Waals surface area contributed by atoms with Gasteiger partial charge in [-0.25, -0.2) is 8.42 Å². The van der Waals surface area contributed by atoms with Gasteiger partial charge < -0.3 is 10.1 Å². The number of esters is 1. The Morgan fingerprint density at radius 3 is 2.42 bits per heavy atom. The Bertz CT molecular complexity index is 726. The molecule has 1 aliphatic heterocycles. The number of nitrogens with one attached hydrogen (secondary N) is 1. The molecule has 26 heavy (non-hydrogen) atoms. The van der Waals surface area contributed by atoms with Crippen LogP contribution in [0.2, 0.25) is 0 Å². The number of carbonyl (C=O) groups excluding carboxylic acids is 1. The summed E-state index contributed by atoms with van der Waals surface area (Å²) in [5, 5.41) is 3.23. The van der Waals surface area contributed by atoms with Crippen molar-refractivity contribution in [2.24, 2.45) is 0 Å². The summed E-state index contributed by atoms with van der Waals surface area (Å²) in [7, 11) is -2.15. The summed E-state index contributed by atoms with van der Waals surface area (Å²) in [5.41, 5.74) is 0.262. The van der Waals surface area contributed by atoms with Crippen molar-refractivity contribution in [1.29, 1.82) is 0 Å². The van der Waals surface area contributed by atoms with Crippen LogP contribution in [0, 0.1) is 0 Å². The molecule has 1 aliphatic carbocycles. The molecule has 1 unspecified atom stereocenters. The first-order valence-corrected chi connectivity index (χ1v) is 10.3. The number of carbonyl (C=O) groups is 1. The minimum absolute atomic E-state index is 0. The Labute approximate surface area is 161 Å². The van der Waals surface area contributed by atoms with E-state index in [0.29, 0.717) is 13.1 Å². The quantitative estimate of drug-likeness (QED) is 0.706. The van der Waals surface area contributed by atoms with Crippen molar-refractivity contribution in [3.05, 3.63) is 29.8 Å². The summed E-state index contributed by atoms with van der Waals surface area (Å²) in [6.45, 7) is 4.05. The minimum atomic E-state index is -3.54. The average Bonchev–Trinajstić information content (AvgIpc) is 3.27. The first-order valence-electron chi connectivity index (χ1n) is 8.87. The molecular formula is C18H27ClN2O4S. The van der Waals surface area contributed by atoms with Gasteiger partial charge in [-0.15, -0.1) is 12.4 Å². The molecule has 1 N–H and O–H groups in total. The highest BCUT2D eigenvalue weighted by molar-refractivity contribution is 7.89. The van der Waals surface area contributed by atoms with Gasteiger partial charge in [-0.2, -0.15) is 4.31 Å². The normalized spacial score (nSPS) is 21.3. The standard InChI is InChI=1S/C18H26N2O4S.ClH/c1-3-12-20(15-8-11-19-13-15)25(22,23)16-6-4-14(5-7-16)18(9-10-18)17(21)24-2;/h4-7,15,19H,3,8-13H2,1-2H3;1H. The van der Waals surface area contributed by atoms with Crippen LogP contribution in [0.1, 0.15) is 38.2 Å². The third-order valence-electron chi connectivity index (χ3n) is 5.23. The lowest BCUT2D eigenvalue weighted by molar-refractivity contribution is -0.143. The van der Waals surface area contributed by atoms with Crippen LogP contribution in [-0.2, 0) is 25.0 Å². The van der Waals surface area contributed by atoms with Crippen molar-refractivity contribution < 1.29 is 17.9 Å². The van der Waals surface area contributed by atoms with Crippen molar-refractivity contribution in [3.8, 4) is 0 Å². The molecule has 0 aromatic heterocycles. The SMILES string of the molecule is CCCN(C1CCNC1)S(=O)(=O)c1ccc(C2(C(=O)OC)CC2)cc1.Cl. The van der Waals surface area contributed by atoms with Gasteiger partial charge in [0, 0.05) is 19.1 Å². The Balaban J connectivity index is 0.00000243. The van der Waals surface area contributed by atoms with Crippen molar-refractivity contribution in [3.63, 3.8) is 0 Å². The number of ether oxygens (including phenoxy) is 1. The number of rotatable bonds is 7. The van der Waals surface area contributed by atoms with Crippen molar-refractivity contribution >= 4 is 28.4 Å². The number of sulfonamides is 1. The molecule has 0 amide bonds. The van der Waals surface area contributed by atoms with Crippen LogP contribution in [0.25, 0.3) is 0 Å². The highest BCUT2D eigenvalue weighted by Crippen LogP contribution is 2.49. The van der Waals surface area contributed by atoms with E-state index < -0.39 is 15.4 Å². The van der Waals surface area contributed by atoms with Crippen molar-refractivity contribution in [2.75, 3.05) is 26.7 Å². The van der Waals surface area contributed by atoms with Gasteiger partial charge >= 0.3 is 5.97 Å². The van der Waals surface area contributed by atoms with E-state index >= 15 is 0 Å². The van der Waals surface area contributed by atoms with Gasteiger partial charge in [0.1, 0.15) is 0 Å². The molecule has 1 atom stereocenters. The fraction of sp³-hybridized carbons (Fsp3) is 0.611. The van der Waals surface area contributed by atoms with E-state index in [2.05, 4.69) is 5.32 Å². The Kier molecular flexibility index (Phi) is 6.71. The Morgan fingerprint density at radius 2 is 1.96 bits per heavy atom. The zero-order chi connectivity index (χ0) is 18.1.